The zero-order valence-corrected chi connectivity index (χ0v) is 13.2. The molecule has 4 heteroatoms. The number of halogens is 1. The average Bonchev–Trinajstić information content (AvgIpc) is 2.70. The molecule has 0 saturated heterocycles. The summed E-state index contributed by atoms with van der Waals surface area (Å²) in [6.45, 7) is 4.21. The smallest absolute Gasteiger partial charge is 0.0624 e. The number of nitrogens with zero attached hydrogens (tertiary/aromatic N) is 2. The number of aromatic nitrogens is 2. The Hall–Kier alpha value is -1.13. The fraction of sp³-hybridized carbons (Fsp3) is 0.400. The zero-order chi connectivity index (χ0) is 14.0. The van der Waals surface area contributed by atoms with Gasteiger partial charge in [0.25, 0.3) is 0 Å². The van der Waals surface area contributed by atoms with Crippen molar-refractivity contribution in [1.82, 2.24) is 9.78 Å². The van der Waals surface area contributed by atoms with E-state index in [1.54, 1.807) is 0 Å². The molecule has 1 atom stereocenters. The molecule has 0 aliphatic heterocycles. The molecular weight excluding hydrogens is 302 g/mol. The second kappa shape index (κ2) is 5.88. The average molecular weight is 322 g/mol. The third kappa shape index (κ3) is 3.25. The molecule has 2 rings (SSSR count). The first-order valence-electron chi connectivity index (χ1n) is 6.54. The molecule has 1 heterocycles. The van der Waals surface area contributed by atoms with Crippen molar-refractivity contribution in [2.24, 2.45) is 12.8 Å². The lowest BCUT2D eigenvalue weighted by Gasteiger charge is -2.15. The molecule has 0 saturated carbocycles. The Bertz CT molecular complexity index is 575. The summed E-state index contributed by atoms with van der Waals surface area (Å²) < 4.78 is 3.03. The minimum Gasteiger partial charge on any atom is -0.324 e. The lowest BCUT2D eigenvalue weighted by Crippen LogP contribution is -2.16. The maximum Gasteiger partial charge on any atom is 0.0624 e. The molecule has 1 unspecified atom stereocenters. The molecule has 0 aliphatic rings. The summed E-state index contributed by atoms with van der Waals surface area (Å²) in [5.74, 6) is 0. The summed E-state index contributed by atoms with van der Waals surface area (Å²) in [7, 11) is 1.98. The van der Waals surface area contributed by atoms with Crippen molar-refractivity contribution in [3.8, 4) is 0 Å². The van der Waals surface area contributed by atoms with Gasteiger partial charge in [0, 0.05) is 29.7 Å². The molecule has 0 spiro atoms. The quantitative estimate of drug-likeness (QED) is 0.939. The van der Waals surface area contributed by atoms with Gasteiger partial charge in [0.05, 0.1) is 5.69 Å². The summed E-state index contributed by atoms with van der Waals surface area (Å²) in [5.41, 5.74) is 11.1. The van der Waals surface area contributed by atoms with Crippen LogP contribution in [0, 0.1) is 6.92 Å². The Morgan fingerprint density at radius 2 is 2.11 bits per heavy atom. The first kappa shape index (κ1) is 14.3. The highest BCUT2D eigenvalue weighted by atomic mass is 79.9. The monoisotopic (exact) mass is 321 g/mol. The molecule has 3 nitrogen and oxygen atoms in total. The fourth-order valence-corrected chi connectivity index (χ4v) is 2.80. The minimum atomic E-state index is 0.00760. The summed E-state index contributed by atoms with van der Waals surface area (Å²) >= 11 is 3.48. The van der Waals surface area contributed by atoms with E-state index >= 15 is 0 Å². The second-order valence-electron chi connectivity index (χ2n) is 4.92. The van der Waals surface area contributed by atoms with Crippen LogP contribution < -0.4 is 5.73 Å². The molecule has 0 amide bonds. The summed E-state index contributed by atoms with van der Waals surface area (Å²) in [4.78, 5) is 0. The number of aryl methyl sites for hydroxylation is 3. The van der Waals surface area contributed by atoms with Crippen LogP contribution in [-0.2, 0) is 19.9 Å². The van der Waals surface area contributed by atoms with Crippen molar-refractivity contribution in [2.45, 2.75) is 32.7 Å². The van der Waals surface area contributed by atoms with Crippen LogP contribution in [0.2, 0.25) is 0 Å². The van der Waals surface area contributed by atoms with E-state index in [-0.39, 0.29) is 6.04 Å². The molecule has 19 heavy (non-hydrogen) atoms. The molecule has 0 radical (unpaired) electrons. The van der Waals surface area contributed by atoms with Gasteiger partial charge in [-0.25, -0.2) is 0 Å². The SMILES string of the molecule is CCc1cc(CC(N)c2ccc(Br)cc2C)n(C)n1. The third-order valence-electron chi connectivity index (χ3n) is 3.45. The standard InChI is InChI=1S/C15H20BrN3/c1-4-12-8-13(19(3)18-12)9-15(17)14-6-5-11(16)7-10(14)2/h5-8,15H,4,9,17H2,1-3H3. The molecular formula is C15H20BrN3. The van der Waals surface area contributed by atoms with Gasteiger partial charge in [-0.2, -0.15) is 5.10 Å². The first-order chi connectivity index (χ1) is 9.01. The van der Waals surface area contributed by atoms with Gasteiger partial charge >= 0.3 is 0 Å². The van der Waals surface area contributed by atoms with Crippen molar-refractivity contribution in [1.29, 1.82) is 0 Å². The number of hydrogen-bond donors (Lipinski definition) is 1. The van der Waals surface area contributed by atoms with Crippen LogP contribution in [0.1, 0.15) is 35.5 Å². The molecule has 0 fully saturated rings. The summed E-state index contributed by atoms with van der Waals surface area (Å²) in [6.07, 6.45) is 1.77. The van der Waals surface area contributed by atoms with E-state index < -0.39 is 0 Å². The number of hydrogen-bond acceptors (Lipinski definition) is 2. The summed E-state index contributed by atoms with van der Waals surface area (Å²) in [5, 5.41) is 4.47. The van der Waals surface area contributed by atoms with E-state index in [0.29, 0.717) is 0 Å². The normalized spacial score (nSPS) is 12.7. The van der Waals surface area contributed by atoms with Crippen molar-refractivity contribution >= 4 is 15.9 Å². The van der Waals surface area contributed by atoms with Gasteiger partial charge < -0.3 is 5.73 Å². The fourth-order valence-electron chi connectivity index (χ4n) is 2.33. The highest BCUT2D eigenvalue weighted by Gasteiger charge is 2.13. The second-order valence-corrected chi connectivity index (χ2v) is 5.83. The molecule has 0 aliphatic carbocycles. The minimum absolute atomic E-state index is 0.00760. The van der Waals surface area contributed by atoms with E-state index in [9.17, 15) is 0 Å². The van der Waals surface area contributed by atoms with Crippen LogP contribution in [0.3, 0.4) is 0 Å². The number of rotatable bonds is 4. The van der Waals surface area contributed by atoms with Gasteiger partial charge in [0.2, 0.25) is 0 Å². The van der Waals surface area contributed by atoms with E-state index in [2.05, 4.69) is 53.1 Å². The molecule has 2 aromatic rings. The van der Waals surface area contributed by atoms with E-state index in [4.69, 9.17) is 5.73 Å². The molecule has 2 N–H and O–H groups in total. The van der Waals surface area contributed by atoms with Crippen LogP contribution in [0.5, 0.6) is 0 Å². The van der Waals surface area contributed by atoms with Gasteiger partial charge in [0.1, 0.15) is 0 Å². The van der Waals surface area contributed by atoms with E-state index in [1.807, 2.05) is 17.8 Å². The Labute approximate surface area is 122 Å². The third-order valence-corrected chi connectivity index (χ3v) is 3.94. The Morgan fingerprint density at radius 3 is 2.68 bits per heavy atom. The predicted molar refractivity (Wildman–Crippen MR) is 82.1 cm³/mol. The van der Waals surface area contributed by atoms with Crippen molar-refractivity contribution in [3.05, 3.63) is 51.3 Å². The number of nitrogens with two attached hydrogens (primary N) is 1. The number of benzene rings is 1. The molecule has 1 aromatic carbocycles. The topological polar surface area (TPSA) is 43.8 Å². The van der Waals surface area contributed by atoms with Crippen LogP contribution in [0.25, 0.3) is 0 Å². The molecule has 1 aromatic heterocycles. The highest BCUT2D eigenvalue weighted by Crippen LogP contribution is 2.23. The van der Waals surface area contributed by atoms with Gasteiger partial charge in [0.15, 0.2) is 0 Å². The van der Waals surface area contributed by atoms with Crippen LogP contribution in [0.4, 0.5) is 0 Å². The first-order valence-corrected chi connectivity index (χ1v) is 7.34. The van der Waals surface area contributed by atoms with Gasteiger partial charge in [-0.05, 0) is 42.7 Å². The molecule has 0 bridgehead atoms. The lowest BCUT2D eigenvalue weighted by molar-refractivity contribution is 0.636. The maximum absolute atomic E-state index is 6.34. The largest absolute Gasteiger partial charge is 0.324 e. The van der Waals surface area contributed by atoms with E-state index in [1.165, 1.54) is 16.8 Å². The Kier molecular flexibility index (Phi) is 4.42. The lowest BCUT2D eigenvalue weighted by atomic mass is 9.98. The van der Waals surface area contributed by atoms with Gasteiger partial charge in [-0.15, -0.1) is 0 Å². The van der Waals surface area contributed by atoms with Gasteiger partial charge in [-0.1, -0.05) is 28.9 Å². The van der Waals surface area contributed by atoms with Crippen LogP contribution in [0.15, 0.2) is 28.7 Å². The van der Waals surface area contributed by atoms with Crippen molar-refractivity contribution < 1.29 is 0 Å². The highest BCUT2D eigenvalue weighted by molar-refractivity contribution is 9.10. The zero-order valence-electron chi connectivity index (χ0n) is 11.7. The molecule has 102 valence electrons. The summed E-state index contributed by atoms with van der Waals surface area (Å²) in [6, 6.07) is 8.40. The van der Waals surface area contributed by atoms with Crippen molar-refractivity contribution in [2.75, 3.05) is 0 Å². The Balaban J connectivity index is 2.20. The van der Waals surface area contributed by atoms with E-state index in [0.717, 1.165) is 23.0 Å². The van der Waals surface area contributed by atoms with Crippen LogP contribution >= 0.6 is 15.9 Å². The Morgan fingerprint density at radius 1 is 1.37 bits per heavy atom. The van der Waals surface area contributed by atoms with Gasteiger partial charge in [-0.3, -0.25) is 4.68 Å². The predicted octanol–water partition coefficient (Wildman–Crippen LogP) is 3.30. The maximum atomic E-state index is 6.34. The van der Waals surface area contributed by atoms with Crippen molar-refractivity contribution in [3.63, 3.8) is 0 Å². The van der Waals surface area contributed by atoms with Crippen LogP contribution in [-0.4, -0.2) is 9.78 Å².